The molecule has 0 aliphatic carbocycles. The lowest BCUT2D eigenvalue weighted by molar-refractivity contribution is 0.469. The second-order valence-corrected chi connectivity index (χ2v) is 2.47. The molecule has 1 rings (SSSR count). The molecule has 0 amide bonds. The quantitative estimate of drug-likeness (QED) is 0.623. The lowest BCUT2D eigenvalue weighted by atomic mass is 10.2. The normalized spacial score (nSPS) is 9.55. The van der Waals surface area contributed by atoms with E-state index in [1.54, 1.807) is 0 Å². The first-order valence-corrected chi connectivity index (χ1v) is 3.30. The fourth-order valence-corrected chi connectivity index (χ4v) is 0.869. The van der Waals surface area contributed by atoms with E-state index in [0.717, 1.165) is 6.07 Å². The van der Waals surface area contributed by atoms with Gasteiger partial charge in [0.25, 0.3) is 0 Å². The number of halogens is 1. The van der Waals surface area contributed by atoms with Crippen molar-refractivity contribution in [2.75, 3.05) is 0 Å². The molecule has 0 saturated carbocycles. The highest BCUT2D eigenvalue weighted by Crippen LogP contribution is 2.14. The van der Waals surface area contributed by atoms with Crippen LogP contribution in [-0.4, -0.2) is 10.1 Å². The van der Waals surface area contributed by atoms with Crippen molar-refractivity contribution in [2.24, 2.45) is 5.73 Å². The third-order valence-electron chi connectivity index (χ3n) is 1.22. The van der Waals surface area contributed by atoms with Crippen LogP contribution in [0.2, 0.25) is 0 Å². The summed E-state index contributed by atoms with van der Waals surface area (Å²) in [4.78, 5) is -0.0116. The van der Waals surface area contributed by atoms with Gasteiger partial charge in [-0.3, -0.25) is 0 Å². The van der Waals surface area contributed by atoms with Crippen molar-refractivity contribution in [2.45, 2.75) is 0 Å². The van der Waals surface area contributed by atoms with E-state index in [0.29, 0.717) is 0 Å². The lowest BCUT2D eigenvalue weighted by Crippen LogP contribution is -2.11. The number of nitrogens with two attached hydrogens (primary N) is 1. The molecule has 0 saturated heterocycles. The summed E-state index contributed by atoms with van der Waals surface area (Å²) in [6, 6.07) is 3.64. The first-order chi connectivity index (χ1) is 5.11. The topological polar surface area (TPSA) is 46.2 Å². The Balaban J connectivity index is 3.20. The predicted octanol–water partition coefficient (Wildman–Crippen LogP) is 1.17. The van der Waals surface area contributed by atoms with Crippen molar-refractivity contribution >= 4 is 17.2 Å². The zero-order chi connectivity index (χ0) is 8.43. The van der Waals surface area contributed by atoms with Crippen LogP contribution in [0.5, 0.6) is 5.75 Å². The van der Waals surface area contributed by atoms with E-state index in [9.17, 15) is 4.39 Å². The van der Waals surface area contributed by atoms with Crippen LogP contribution in [0.25, 0.3) is 0 Å². The summed E-state index contributed by atoms with van der Waals surface area (Å²) in [6.07, 6.45) is 0. The third-order valence-corrected chi connectivity index (χ3v) is 1.44. The largest absolute Gasteiger partial charge is 0.508 e. The van der Waals surface area contributed by atoms with Gasteiger partial charge in [0.1, 0.15) is 16.6 Å². The van der Waals surface area contributed by atoms with Gasteiger partial charge in [-0.15, -0.1) is 0 Å². The summed E-state index contributed by atoms with van der Waals surface area (Å²) in [5, 5.41) is 8.80. The standard InChI is InChI=1S/C7H6FNOS/c8-6-3-4(10)1-2-5(6)7(9)11/h1-3,10H,(H2,9,11). The van der Waals surface area contributed by atoms with Gasteiger partial charge in [-0.05, 0) is 12.1 Å². The molecule has 1 aromatic carbocycles. The molecule has 0 atom stereocenters. The highest BCUT2D eigenvalue weighted by Gasteiger charge is 2.04. The number of thiocarbonyl (C=S) groups is 1. The van der Waals surface area contributed by atoms with Gasteiger partial charge in [0.15, 0.2) is 0 Å². The molecule has 0 radical (unpaired) electrons. The SMILES string of the molecule is NC(=S)c1ccc(O)cc1F. The summed E-state index contributed by atoms with van der Waals surface area (Å²) < 4.78 is 12.8. The van der Waals surface area contributed by atoms with Crippen molar-refractivity contribution in [3.05, 3.63) is 29.6 Å². The first kappa shape index (κ1) is 7.94. The van der Waals surface area contributed by atoms with Crippen LogP contribution in [0.1, 0.15) is 5.56 Å². The minimum absolute atomic E-state index is 0.0116. The molecule has 0 bridgehead atoms. The van der Waals surface area contributed by atoms with E-state index >= 15 is 0 Å². The Morgan fingerprint density at radius 2 is 2.18 bits per heavy atom. The number of benzene rings is 1. The first-order valence-electron chi connectivity index (χ1n) is 2.89. The number of phenolic OH excluding ortho intramolecular Hbond substituents is 1. The number of rotatable bonds is 1. The van der Waals surface area contributed by atoms with Crippen LogP contribution in [0, 0.1) is 5.82 Å². The van der Waals surface area contributed by atoms with Gasteiger partial charge in [0.05, 0.1) is 0 Å². The maximum absolute atomic E-state index is 12.8. The maximum atomic E-state index is 12.8. The van der Waals surface area contributed by atoms with Crippen molar-refractivity contribution in [3.8, 4) is 5.75 Å². The Hall–Kier alpha value is -1.16. The highest BCUT2D eigenvalue weighted by molar-refractivity contribution is 7.80. The summed E-state index contributed by atoms with van der Waals surface area (Å²) in [7, 11) is 0. The van der Waals surface area contributed by atoms with E-state index in [1.807, 2.05) is 0 Å². The van der Waals surface area contributed by atoms with Gasteiger partial charge >= 0.3 is 0 Å². The zero-order valence-electron chi connectivity index (χ0n) is 5.54. The average molecular weight is 171 g/mol. The summed E-state index contributed by atoms with van der Waals surface area (Å²) in [5.41, 5.74) is 5.33. The predicted molar refractivity (Wildman–Crippen MR) is 44.0 cm³/mol. The van der Waals surface area contributed by atoms with Crippen LogP contribution in [0.15, 0.2) is 18.2 Å². The minimum atomic E-state index is -0.600. The van der Waals surface area contributed by atoms with Crippen molar-refractivity contribution in [1.29, 1.82) is 0 Å². The molecule has 0 aromatic heterocycles. The number of hydrogen-bond acceptors (Lipinski definition) is 2. The molecule has 0 unspecified atom stereocenters. The molecule has 4 heteroatoms. The van der Waals surface area contributed by atoms with Crippen molar-refractivity contribution < 1.29 is 9.50 Å². The van der Waals surface area contributed by atoms with Crippen LogP contribution >= 0.6 is 12.2 Å². The second-order valence-electron chi connectivity index (χ2n) is 2.03. The minimum Gasteiger partial charge on any atom is -0.508 e. The highest BCUT2D eigenvalue weighted by atomic mass is 32.1. The Kier molecular flexibility index (Phi) is 2.05. The van der Waals surface area contributed by atoms with Crippen LogP contribution < -0.4 is 5.73 Å². The van der Waals surface area contributed by atoms with E-state index in [2.05, 4.69) is 12.2 Å². The summed E-state index contributed by atoms with van der Waals surface area (Å²) in [6.45, 7) is 0. The number of phenols is 1. The fourth-order valence-electron chi connectivity index (χ4n) is 0.704. The molecule has 0 heterocycles. The Bertz CT molecular complexity index is 300. The molecule has 0 fully saturated rings. The summed E-state index contributed by atoms with van der Waals surface area (Å²) in [5.74, 6) is -0.736. The molecule has 0 aliphatic rings. The van der Waals surface area contributed by atoms with Gasteiger partial charge in [-0.25, -0.2) is 4.39 Å². The Labute approximate surface area is 68.5 Å². The van der Waals surface area contributed by atoms with Gasteiger partial charge in [0.2, 0.25) is 0 Å². The molecule has 0 aliphatic heterocycles. The van der Waals surface area contributed by atoms with Gasteiger partial charge in [0, 0.05) is 11.6 Å². The van der Waals surface area contributed by atoms with Gasteiger partial charge < -0.3 is 10.8 Å². The zero-order valence-corrected chi connectivity index (χ0v) is 6.36. The number of hydrogen-bond donors (Lipinski definition) is 2. The van der Waals surface area contributed by atoms with E-state index in [4.69, 9.17) is 10.8 Å². The van der Waals surface area contributed by atoms with Crippen LogP contribution in [0.4, 0.5) is 4.39 Å². The molecular weight excluding hydrogens is 165 g/mol. The Morgan fingerprint density at radius 3 is 2.64 bits per heavy atom. The molecule has 58 valence electrons. The third kappa shape index (κ3) is 1.65. The fraction of sp³-hybridized carbons (Fsp3) is 0. The maximum Gasteiger partial charge on any atom is 0.137 e. The molecule has 2 nitrogen and oxygen atoms in total. The van der Waals surface area contributed by atoms with Gasteiger partial charge in [-0.1, -0.05) is 12.2 Å². The molecule has 1 aromatic rings. The van der Waals surface area contributed by atoms with Crippen LogP contribution in [0.3, 0.4) is 0 Å². The summed E-state index contributed by atoms with van der Waals surface area (Å²) >= 11 is 4.55. The number of aromatic hydroxyl groups is 1. The van der Waals surface area contributed by atoms with Gasteiger partial charge in [-0.2, -0.15) is 0 Å². The van der Waals surface area contributed by atoms with Crippen molar-refractivity contribution in [3.63, 3.8) is 0 Å². The molecule has 11 heavy (non-hydrogen) atoms. The van der Waals surface area contributed by atoms with E-state index in [1.165, 1.54) is 12.1 Å². The monoisotopic (exact) mass is 171 g/mol. The van der Waals surface area contributed by atoms with E-state index < -0.39 is 5.82 Å². The average Bonchev–Trinajstić information content (AvgIpc) is 1.85. The Morgan fingerprint density at radius 1 is 1.55 bits per heavy atom. The molecular formula is C7H6FNOS. The van der Waals surface area contributed by atoms with E-state index in [-0.39, 0.29) is 16.3 Å². The van der Waals surface area contributed by atoms with Crippen LogP contribution in [-0.2, 0) is 0 Å². The smallest absolute Gasteiger partial charge is 0.137 e. The molecule has 0 spiro atoms. The van der Waals surface area contributed by atoms with Crippen molar-refractivity contribution in [1.82, 2.24) is 0 Å². The lowest BCUT2D eigenvalue weighted by Gasteiger charge is -1.99. The second kappa shape index (κ2) is 2.84. The molecule has 3 N–H and O–H groups in total.